The van der Waals surface area contributed by atoms with Gasteiger partial charge in [0.15, 0.2) is 0 Å². The number of nitrogens with one attached hydrogen (secondary N) is 1. The van der Waals surface area contributed by atoms with E-state index in [1.165, 1.54) is 18.5 Å². The van der Waals surface area contributed by atoms with E-state index in [2.05, 4.69) is 41.4 Å². The number of hydrogen-bond acceptors (Lipinski definition) is 2. The summed E-state index contributed by atoms with van der Waals surface area (Å²) in [6, 6.07) is 18.5. The van der Waals surface area contributed by atoms with Crippen molar-refractivity contribution in [2.24, 2.45) is 5.92 Å². The van der Waals surface area contributed by atoms with E-state index in [0.29, 0.717) is 0 Å². The van der Waals surface area contributed by atoms with Gasteiger partial charge in [-0.1, -0.05) is 37.3 Å². The second-order valence-electron chi connectivity index (χ2n) is 7.62. The summed E-state index contributed by atoms with van der Waals surface area (Å²) in [6.07, 6.45) is 4.40. The lowest BCUT2D eigenvalue weighted by atomic mass is 9.95. The Morgan fingerprint density at radius 2 is 1.64 bits per heavy atom. The Kier molecular flexibility index (Phi) is 4.24. The molecule has 130 valence electrons. The van der Waals surface area contributed by atoms with Crippen molar-refractivity contribution in [3.05, 3.63) is 60.2 Å². The van der Waals surface area contributed by atoms with E-state index < -0.39 is 0 Å². The zero-order valence-corrected chi connectivity index (χ0v) is 14.9. The molecule has 1 N–H and O–H groups in total. The maximum absolute atomic E-state index is 12.8. The Morgan fingerprint density at radius 3 is 2.24 bits per heavy atom. The van der Waals surface area contributed by atoms with Gasteiger partial charge in [0.1, 0.15) is 0 Å². The molecule has 1 heterocycles. The zero-order valence-electron chi connectivity index (χ0n) is 14.9. The number of amides is 1. The van der Waals surface area contributed by atoms with Gasteiger partial charge in [-0.3, -0.25) is 4.79 Å². The Hall–Kier alpha value is -2.29. The van der Waals surface area contributed by atoms with Crippen molar-refractivity contribution in [3.63, 3.8) is 0 Å². The Labute approximate surface area is 150 Å². The molecule has 0 atom stereocenters. The van der Waals surface area contributed by atoms with Crippen molar-refractivity contribution in [3.8, 4) is 0 Å². The standard InChI is InChI=1S/C22H26N2O/c1-17-11-15-24(16-12-17)20-9-7-19(8-10-20)23-21(25)22(13-14-22)18-5-3-2-4-6-18/h2-10,17H,11-16H2,1H3,(H,23,25). The molecule has 1 amide bonds. The molecule has 3 nitrogen and oxygen atoms in total. The molecule has 0 radical (unpaired) electrons. The van der Waals surface area contributed by atoms with Crippen LogP contribution in [0.25, 0.3) is 0 Å². The van der Waals surface area contributed by atoms with Crippen molar-refractivity contribution in [1.82, 2.24) is 0 Å². The average Bonchev–Trinajstić information content (AvgIpc) is 3.46. The molecule has 2 fully saturated rings. The summed E-state index contributed by atoms with van der Waals surface area (Å²) in [5, 5.41) is 3.12. The SMILES string of the molecule is CC1CCN(c2ccc(NC(=O)C3(c4ccccc4)CC3)cc2)CC1. The first-order valence-electron chi connectivity index (χ1n) is 9.39. The fourth-order valence-electron chi connectivity index (χ4n) is 3.80. The largest absolute Gasteiger partial charge is 0.372 e. The highest BCUT2D eigenvalue weighted by atomic mass is 16.2. The number of benzene rings is 2. The Morgan fingerprint density at radius 1 is 1.00 bits per heavy atom. The molecule has 1 saturated carbocycles. The predicted molar refractivity (Wildman–Crippen MR) is 103 cm³/mol. The van der Waals surface area contributed by atoms with Crippen LogP contribution in [0.2, 0.25) is 0 Å². The molecule has 4 rings (SSSR count). The molecular weight excluding hydrogens is 308 g/mol. The average molecular weight is 334 g/mol. The second kappa shape index (κ2) is 6.55. The van der Waals surface area contributed by atoms with Gasteiger partial charge < -0.3 is 10.2 Å². The normalized spacial score (nSPS) is 19.5. The highest BCUT2D eigenvalue weighted by molar-refractivity contribution is 6.01. The van der Waals surface area contributed by atoms with Crippen molar-refractivity contribution in [2.75, 3.05) is 23.3 Å². The number of piperidine rings is 1. The minimum atomic E-state index is -0.317. The molecule has 25 heavy (non-hydrogen) atoms. The van der Waals surface area contributed by atoms with Gasteiger partial charge in [0, 0.05) is 24.5 Å². The lowest BCUT2D eigenvalue weighted by Crippen LogP contribution is -2.32. The summed E-state index contributed by atoms with van der Waals surface area (Å²) in [5.41, 5.74) is 2.96. The molecule has 0 bridgehead atoms. The third-order valence-electron chi connectivity index (χ3n) is 5.78. The van der Waals surface area contributed by atoms with E-state index in [9.17, 15) is 4.79 Å². The van der Waals surface area contributed by atoms with Crippen LogP contribution in [0.3, 0.4) is 0 Å². The Bertz CT molecular complexity index is 726. The number of nitrogens with zero attached hydrogens (tertiary/aromatic N) is 1. The number of carbonyl (C=O) groups is 1. The summed E-state index contributed by atoms with van der Waals surface area (Å²) >= 11 is 0. The summed E-state index contributed by atoms with van der Waals surface area (Å²) < 4.78 is 0. The zero-order chi connectivity index (χ0) is 17.3. The van der Waals surface area contributed by atoms with E-state index in [0.717, 1.165) is 43.1 Å². The molecule has 1 aliphatic heterocycles. The van der Waals surface area contributed by atoms with Crippen LogP contribution in [0, 0.1) is 5.92 Å². The summed E-state index contributed by atoms with van der Waals surface area (Å²) in [7, 11) is 0. The van der Waals surface area contributed by atoms with Gasteiger partial charge in [0.25, 0.3) is 0 Å². The van der Waals surface area contributed by atoms with Crippen molar-refractivity contribution >= 4 is 17.3 Å². The van der Waals surface area contributed by atoms with Crippen LogP contribution in [0.4, 0.5) is 11.4 Å². The van der Waals surface area contributed by atoms with Gasteiger partial charge in [-0.15, -0.1) is 0 Å². The van der Waals surface area contributed by atoms with Crippen molar-refractivity contribution in [1.29, 1.82) is 0 Å². The van der Waals surface area contributed by atoms with Crippen LogP contribution in [-0.4, -0.2) is 19.0 Å². The fourth-order valence-corrected chi connectivity index (χ4v) is 3.80. The minimum Gasteiger partial charge on any atom is -0.372 e. The van der Waals surface area contributed by atoms with Crippen LogP contribution in [-0.2, 0) is 10.2 Å². The first-order valence-corrected chi connectivity index (χ1v) is 9.39. The lowest BCUT2D eigenvalue weighted by molar-refractivity contribution is -0.118. The smallest absolute Gasteiger partial charge is 0.235 e. The quantitative estimate of drug-likeness (QED) is 0.887. The second-order valence-corrected chi connectivity index (χ2v) is 7.62. The molecule has 3 heteroatoms. The van der Waals surface area contributed by atoms with Crippen LogP contribution in [0.1, 0.15) is 38.2 Å². The maximum Gasteiger partial charge on any atom is 0.235 e. The van der Waals surface area contributed by atoms with Gasteiger partial charge in [-0.25, -0.2) is 0 Å². The van der Waals surface area contributed by atoms with Crippen LogP contribution < -0.4 is 10.2 Å². The van der Waals surface area contributed by atoms with Gasteiger partial charge in [-0.05, 0) is 61.4 Å². The van der Waals surface area contributed by atoms with Crippen molar-refractivity contribution in [2.45, 2.75) is 38.0 Å². The van der Waals surface area contributed by atoms with Crippen LogP contribution in [0.5, 0.6) is 0 Å². The predicted octanol–water partition coefficient (Wildman–Crippen LogP) is 4.59. The van der Waals surface area contributed by atoms with Crippen LogP contribution in [0.15, 0.2) is 54.6 Å². The molecule has 1 saturated heterocycles. The molecule has 2 aromatic carbocycles. The van der Waals surface area contributed by atoms with Gasteiger partial charge in [-0.2, -0.15) is 0 Å². The highest BCUT2D eigenvalue weighted by Crippen LogP contribution is 2.48. The van der Waals surface area contributed by atoms with E-state index in [4.69, 9.17) is 0 Å². The van der Waals surface area contributed by atoms with Crippen LogP contribution >= 0.6 is 0 Å². The molecule has 2 aliphatic rings. The molecular formula is C22H26N2O. The van der Waals surface area contributed by atoms with E-state index in [1.807, 2.05) is 30.3 Å². The lowest BCUT2D eigenvalue weighted by Gasteiger charge is -2.32. The summed E-state index contributed by atoms with van der Waals surface area (Å²) in [4.78, 5) is 15.2. The van der Waals surface area contributed by atoms with E-state index >= 15 is 0 Å². The molecule has 1 aliphatic carbocycles. The molecule has 2 aromatic rings. The molecule has 0 spiro atoms. The monoisotopic (exact) mass is 334 g/mol. The van der Waals surface area contributed by atoms with Gasteiger partial charge >= 0.3 is 0 Å². The van der Waals surface area contributed by atoms with Gasteiger partial charge in [0.2, 0.25) is 5.91 Å². The third-order valence-corrected chi connectivity index (χ3v) is 5.78. The van der Waals surface area contributed by atoms with E-state index in [-0.39, 0.29) is 11.3 Å². The maximum atomic E-state index is 12.8. The number of rotatable bonds is 4. The highest BCUT2D eigenvalue weighted by Gasteiger charge is 2.51. The summed E-state index contributed by atoms with van der Waals surface area (Å²) in [5.74, 6) is 0.959. The van der Waals surface area contributed by atoms with E-state index in [1.54, 1.807) is 0 Å². The molecule has 0 aromatic heterocycles. The number of hydrogen-bond donors (Lipinski definition) is 1. The van der Waals surface area contributed by atoms with Crippen molar-refractivity contribution < 1.29 is 4.79 Å². The fraction of sp³-hybridized carbons (Fsp3) is 0.409. The summed E-state index contributed by atoms with van der Waals surface area (Å²) in [6.45, 7) is 4.59. The van der Waals surface area contributed by atoms with Gasteiger partial charge in [0.05, 0.1) is 5.41 Å². The first-order chi connectivity index (χ1) is 12.2. The molecule has 0 unspecified atom stereocenters. The first kappa shape index (κ1) is 16.2. The number of carbonyl (C=O) groups excluding carboxylic acids is 1. The number of anilines is 2. The minimum absolute atomic E-state index is 0.123. The Balaban J connectivity index is 1.42. The third kappa shape index (κ3) is 3.28. The topological polar surface area (TPSA) is 32.3 Å².